The Hall–Kier alpha value is -1.95. The summed E-state index contributed by atoms with van der Waals surface area (Å²) in [5.74, 6) is 0.744. The van der Waals surface area contributed by atoms with Gasteiger partial charge in [-0.25, -0.2) is 4.79 Å². The van der Waals surface area contributed by atoms with Crippen molar-refractivity contribution in [3.05, 3.63) is 18.2 Å². The predicted molar refractivity (Wildman–Crippen MR) is 82.2 cm³/mol. The molecule has 2 amide bonds. The Labute approximate surface area is 130 Å². The van der Waals surface area contributed by atoms with Gasteiger partial charge in [-0.1, -0.05) is 0 Å². The molecule has 120 valence electrons. The molecule has 0 unspecified atom stereocenters. The van der Waals surface area contributed by atoms with E-state index in [0.29, 0.717) is 30.3 Å². The van der Waals surface area contributed by atoms with Gasteiger partial charge in [-0.3, -0.25) is 0 Å². The Bertz CT molecular complexity index is 601. The van der Waals surface area contributed by atoms with Crippen LogP contribution in [0.15, 0.2) is 18.2 Å². The third kappa shape index (κ3) is 2.83. The van der Waals surface area contributed by atoms with Gasteiger partial charge in [0, 0.05) is 44.6 Å². The first-order chi connectivity index (χ1) is 10.1. The highest BCUT2D eigenvalue weighted by Crippen LogP contribution is 2.40. The number of anilines is 1. The van der Waals surface area contributed by atoms with E-state index in [9.17, 15) is 9.90 Å². The number of nitrogens with zero attached hydrogens (tertiary/aromatic N) is 1. The number of ether oxygens (including phenoxy) is 2. The molecule has 1 aromatic carbocycles. The lowest BCUT2D eigenvalue weighted by Crippen LogP contribution is -2.58. The molecule has 6 nitrogen and oxygen atoms in total. The van der Waals surface area contributed by atoms with E-state index >= 15 is 0 Å². The molecule has 22 heavy (non-hydrogen) atoms. The van der Waals surface area contributed by atoms with Crippen molar-refractivity contribution in [1.29, 1.82) is 0 Å². The number of hydrogen-bond acceptors (Lipinski definition) is 4. The summed E-state index contributed by atoms with van der Waals surface area (Å²) in [5, 5.41) is 12.7. The molecular weight excluding hydrogens is 284 g/mol. The fourth-order valence-electron chi connectivity index (χ4n) is 2.59. The Kier molecular flexibility index (Phi) is 3.25. The first-order valence-electron chi connectivity index (χ1n) is 7.44. The molecule has 1 fully saturated rings. The van der Waals surface area contributed by atoms with Crippen LogP contribution in [0.3, 0.4) is 0 Å². The Morgan fingerprint density at radius 2 is 1.95 bits per heavy atom. The zero-order valence-corrected chi connectivity index (χ0v) is 13.3. The van der Waals surface area contributed by atoms with Crippen LogP contribution in [-0.4, -0.2) is 40.5 Å². The molecular formula is C16H22N2O4. The van der Waals surface area contributed by atoms with Gasteiger partial charge in [0.2, 0.25) is 5.79 Å². The average Bonchev–Trinajstić information content (AvgIpc) is 2.57. The Morgan fingerprint density at radius 1 is 1.32 bits per heavy atom. The topological polar surface area (TPSA) is 71.0 Å². The van der Waals surface area contributed by atoms with Gasteiger partial charge in [0.25, 0.3) is 0 Å². The zero-order valence-electron chi connectivity index (χ0n) is 13.3. The third-order valence-corrected chi connectivity index (χ3v) is 4.07. The van der Waals surface area contributed by atoms with Crippen molar-refractivity contribution in [1.82, 2.24) is 4.90 Å². The first kappa shape index (κ1) is 15.0. The van der Waals surface area contributed by atoms with Crippen LogP contribution in [0.4, 0.5) is 10.5 Å². The lowest BCUT2D eigenvalue weighted by atomic mass is 9.85. The van der Waals surface area contributed by atoms with Gasteiger partial charge < -0.3 is 24.8 Å². The summed E-state index contributed by atoms with van der Waals surface area (Å²) < 4.78 is 11.3. The molecule has 0 saturated carbocycles. The number of urea groups is 1. The highest BCUT2D eigenvalue weighted by atomic mass is 16.7. The number of carbonyl (C=O) groups is 1. The Balaban J connectivity index is 1.60. The predicted octanol–water partition coefficient (Wildman–Crippen LogP) is 2.43. The summed E-state index contributed by atoms with van der Waals surface area (Å²) in [6, 6.07) is 5.16. The van der Waals surface area contributed by atoms with Crippen LogP contribution in [0.5, 0.6) is 11.5 Å². The molecule has 0 aromatic heterocycles. The highest BCUT2D eigenvalue weighted by molar-refractivity contribution is 5.90. The fourth-order valence-corrected chi connectivity index (χ4v) is 2.59. The highest BCUT2D eigenvalue weighted by Gasteiger charge is 2.40. The van der Waals surface area contributed by atoms with Crippen LogP contribution in [0.25, 0.3) is 0 Å². The number of nitrogens with one attached hydrogen (secondary N) is 1. The molecule has 0 spiro atoms. The second-order valence-corrected chi connectivity index (χ2v) is 6.95. The van der Waals surface area contributed by atoms with Crippen molar-refractivity contribution in [3.63, 3.8) is 0 Å². The van der Waals surface area contributed by atoms with Gasteiger partial charge in [-0.05, 0) is 26.0 Å². The van der Waals surface area contributed by atoms with Crippen molar-refractivity contribution in [2.24, 2.45) is 5.92 Å². The molecule has 1 saturated heterocycles. The second-order valence-electron chi connectivity index (χ2n) is 6.95. The zero-order chi connectivity index (χ0) is 16.1. The van der Waals surface area contributed by atoms with E-state index in [4.69, 9.17) is 9.47 Å². The molecule has 0 aliphatic carbocycles. The van der Waals surface area contributed by atoms with Crippen LogP contribution in [0.2, 0.25) is 0 Å². The summed E-state index contributed by atoms with van der Waals surface area (Å²) in [6.07, 6.45) is 0. The van der Waals surface area contributed by atoms with E-state index in [1.807, 2.05) is 13.8 Å². The number of aliphatic hydroxyl groups is 1. The van der Waals surface area contributed by atoms with Crippen LogP contribution in [0.1, 0.15) is 27.7 Å². The van der Waals surface area contributed by atoms with E-state index in [0.717, 1.165) is 0 Å². The number of rotatable bonds is 2. The molecule has 6 heteroatoms. The molecule has 0 atom stereocenters. The van der Waals surface area contributed by atoms with E-state index < -0.39 is 11.4 Å². The van der Waals surface area contributed by atoms with Crippen molar-refractivity contribution < 1.29 is 19.4 Å². The lowest BCUT2D eigenvalue weighted by molar-refractivity contribution is -0.0441. The number of amides is 2. The Morgan fingerprint density at radius 3 is 2.59 bits per heavy atom. The quantitative estimate of drug-likeness (QED) is 0.880. The molecule has 0 bridgehead atoms. The third-order valence-electron chi connectivity index (χ3n) is 4.07. The molecule has 1 aromatic rings. The second kappa shape index (κ2) is 4.78. The van der Waals surface area contributed by atoms with Gasteiger partial charge >= 0.3 is 6.03 Å². The van der Waals surface area contributed by atoms with E-state index in [1.54, 1.807) is 36.9 Å². The smallest absolute Gasteiger partial charge is 0.321 e. The first-order valence-corrected chi connectivity index (χ1v) is 7.44. The summed E-state index contributed by atoms with van der Waals surface area (Å²) in [6.45, 7) is 8.34. The van der Waals surface area contributed by atoms with Crippen molar-refractivity contribution in [2.75, 3.05) is 18.4 Å². The van der Waals surface area contributed by atoms with Crippen LogP contribution in [-0.2, 0) is 0 Å². The van der Waals surface area contributed by atoms with E-state index in [2.05, 4.69) is 5.32 Å². The van der Waals surface area contributed by atoms with Gasteiger partial charge in [-0.2, -0.15) is 0 Å². The normalized spacial score (nSPS) is 19.8. The molecule has 0 radical (unpaired) electrons. The molecule has 2 aliphatic heterocycles. The van der Waals surface area contributed by atoms with Crippen molar-refractivity contribution in [3.8, 4) is 11.5 Å². The molecule has 2 N–H and O–H groups in total. The van der Waals surface area contributed by atoms with Crippen LogP contribution in [0, 0.1) is 5.92 Å². The number of carbonyl (C=O) groups excluding carboxylic acids is 1. The maximum atomic E-state index is 12.2. The minimum atomic E-state index is -0.749. The standard InChI is InChI=1S/C16H22N2O4/c1-15(2,20)10-8-18(9-10)14(19)17-11-5-6-12-13(7-11)22-16(3,4)21-12/h5-7,10,20H,8-9H2,1-4H3,(H,17,19). The summed E-state index contributed by atoms with van der Waals surface area (Å²) in [5.41, 5.74) is -0.0852. The van der Waals surface area contributed by atoms with Crippen LogP contribution < -0.4 is 14.8 Å². The average molecular weight is 306 g/mol. The lowest BCUT2D eigenvalue weighted by Gasteiger charge is -2.44. The van der Waals surface area contributed by atoms with Gasteiger partial charge in [0.15, 0.2) is 11.5 Å². The SMILES string of the molecule is CC1(C)Oc2ccc(NC(=O)N3CC(C(C)(C)O)C3)cc2O1. The maximum absolute atomic E-state index is 12.2. The number of likely N-dealkylation sites (tertiary alicyclic amines) is 1. The summed E-state index contributed by atoms with van der Waals surface area (Å²) in [4.78, 5) is 13.8. The van der Waals surface area contributed by atoms with Crippen molar-refractivity contribution in [2.45, 2.75) is 39.1 Å². The van der Waals surface area contributed by atoms with Gasteiger partial charge in [0.1, 0.15) is 0 Å². The monoisotopic (exact) mass is 306 g/mol. The van der Waals surface area contributed by atoms with Gasteiger partial charge in [-0.15, -0.1) is 0 Å². The minimum absolute atomic E-state index is 0.121. The van der Waals surface area contributed by atoms with Crippen molar-refractivity contribution >= 4 is 11.7 Å². The maximum Gasteiger partial charge on any atom is 0.321 e. The van der Waals surface area contributed by atoms with Gasteiger partial charge in [0.05, 0.1) is 5.60 Å². The number of hydrogen-bond donors (Lipinski definition) is 2. The van der Waals surface area contributed by atoms with Crippen LogP contribution >= 0.6 is 0 Å². The number of fused-ring (bicyclic) bond motifs is 1. The summed E-state index contributed by atoms with van der Waals surface area (Å²) >= 11 is 0. The molecule has 2 heterocycles. The molecule has 3 rings (SSSR count). The summed E-state index contributed by atoms with van der Waals surface area (Å²) in [7, 11) is 0. The molecule has 2 aliphatic rings. The largest absolute Gasteiger partial charge is 0.449 e. The van der Waals surface area contributed by atoms with E-state index in [1.165, 1.54) is 0 Å². The van der Waals surface area contributed by atoms with E-state index in [-0.39, 0.29) is 11.9 Å². The fraction of sp³-hybridized carbons (Fsp3) is 0.562. The number of benzene rings is 1. The minimum Gasteiger partial charge on any atom is -0.449 e.